The van der Waals surface area contributed by atoms with E-state index in [0.717, 1.165) is 5.56 Å². The Balaban J connectivity index is 1.31. The van der Waals surface area contributed by atoms with E-state index in [-0.39, 0.29) is 0 Å². The zero-order valence-corrected chi connectivity index (χ0v) is 31.8. The predicted molar refractivity (Wildman–Crippen MR) is 238 cm³/mol. The molecule has 1 heteroatoms. The molecule has 0 radical (unpaired) electrons. The molecule has 0 N–H and O–H groups in total. The summed E-state index contributed by atoms with van der Waals surface area (Å²) in [6, 6.07) is 74.2. The molecule has 0 amide bonds. The molecule has 1 aliphatic heterocycles. The lowest BCUT2D eigenvalue weighted by molar-refractivity contribution is 1.62. The van der Waals surface area contributed by atoms with Gasteiger partial charge in [0.2, 0.25) is 0 Å². The van der Waals surface area contributed by atoms with Gasteiger partial charge in [-0.1, -0.05) is 171 Å². The van der Waals surface area contributed by atoms with Crippen LogP contribution in [0, 0.1) is 12.1 Å². The van der Waals surface area contributed by atoms with E-state index in [9.17, 15) is 0 Å². The van der Waals surface area contributed by atoms with Crippen molar-refractivity contribution in [3.8, 4) is 55.6 Å². The topological polar surface area (TPSA) is 0 Å². The van der Waals surface area contributed by atoms with Crippen molar-refractivity contribution in [1.82, 2.24) is 0 Å². The van der Waals surface area contributed by atoms with Gasteiger partial charge >= 0.3 is 0 Å². The number of benzene rings is 9. The molecule has 0 unspecified atom stereocenters. The van der Waals surface area contributed by atoms with E-state index in [1.54, 1.807) is 0 Å². The first-order valence-electron chi connectivity index (χ1n) is 19.2. The molecule has 0 aromatic heterocycles. The smallest absolute Gasteiger partial charge is 0.0702 e. The molecule has 11 rings (SSSR count). The standard InChI is InChI=1S/C54H36Si/c1-55(2)51-26-13-12-23-44(51)47-33-49-50(34-52(47)55)53(37-17-4-3-5-18-37)48-32-40(42-25-14-20-36-16-8-9-21-41(36)42)29-30-46(48)54(49)45-24-11-10-22-43(45)39-28-27-35-15-6-7-19-38(35)31-39/h4,6-34H,1-2H3. The minimum atomic E-state index is -1.98. The highest BCUT2D eigenvalue weighted by Gasteiger charge is 2.38. The van der Waals surface area contributed by atoms with Gasteiger partial charge in [-0.15, -0.1) is 0 Å². The molecule has 0 spiro atoms. The summed E-state index contributed by atoms with van der Waals surface area (Å²) in [7, 11) is -1.98. The van der Waals surface area contributed by atoms with Crippen LogP contribution in [0.5, 0.6) is 0 Å². The van der Waals surface area contributed by atoms with Crippen LogP contribution < -0.4 is 10.4 Å². The third kappa shape index (κ3) is 4.86. The number of hydrogen-bond donors (Lipinski definition) is 0. The van der Waals surface area contributed by atoms with Gasteiger partial charge in [-0.2, -0.15) is 0 Å². The third-order valence-corrected chi connectivity index (χ3v) is 15.7. The van der Waals surface area contributed by atoms with Gasteiger partial charge in [0.05, 0.1) is 0 Å². The van der Waals surface area contributed by atoms with Gasteiger partial charge in [-0.05, 0) is 145 Å². The van der Waals surface area contributed by atoms with Crippen LogP contribution in [-0.4, -0.2) is 8.07 Å². The summed E-state index contributed by atoms with van der Waals surface area (Å²) in [6.45, 7) is 5.04. The molecule has 1 heterocycles. The fourth-order valence-corrected chi connectivity index (χ4v) is 12.6. The van der Waals surface area contributed by atoms with Crippen molar-refractivity contribution in [2.24, 2.45) is 0 Å². The zero-order valence-electron chi connectivity index (χ0n) is 30.8. The van der Waals surface area contributed by atoms with Crippen LogP contribution in [0.15, 0.2) is 182 Å². The van der Waals surface area contributed by atoms with Crippen molar-refractivity contribution in [2.45, 2.75) is 13.1 Å². The van der Waals surface area contributed by atoms with Crippen molar-refractivity contribution in [3.63, 3.8) is 0 Å². The molecule has 0 aliphatic carbocycles. The van der Waals surface area contributed by atoms with Crippen molar-refractivity contribution in [2.75, 3.05) is 0 Å². The van der Waals surface area contributed by atoms with Crippen LogP contribution >= 0.6 is 0 Å². The predicted octanol–water partition coefficient (Wildman–Crippen LogP) is 13.4. The summed E-state index contributed by atoms with van der Waals surface area (Å²) in [5.74, 6) is 0. The van der Waals surface area contributed by atoms with Gasteiger partial charge in [-0.25, -0.2) is 0 Å². The Hall–Kier alpha value is -6.72. The molecular formula is C54H36Si. The summed E-state index contributed by atoms with van der Waals surface area (Å²) in [6.07, 6.45) is 0. The van der Waals surface area contributed by atoms with Crippen LogP contribution in [0.1, 0.15) is 0 Å². The maximum absolute atomic E-state index is 3.32. The van der Waals surface area contributed by atoms with E-state index >= 15 is 0 Å². The first-order chi connectivity index (χ1) is 27.0. The van der Waals surface area contributed by atoms with E-state index in [1.807, 2.05) is 6.07 Å². The lowest BCUT2D eigenvalue weighted by atomic mass is 9.82. The van der Waals surface area contributed by atoms with Crippen LogP contribution in [-0.2, 0) is 0 Å². The molecule has 10 aromatic carbocycles. The second-order valence-corrected chi connectivity index (χ2v) is 19.8. The maximum atomic E-state index is 3.32. The van der Waals surface area contributed by atoms with E-state index in [2.05, 4.69) is 201 Å². The molecule has 0 bridgehead atoms. The Kier molecular flexibility index (Phi) is 7.02. The molecule has 55 heavy (non-hydrogen) atoms. The third-order valence-electron chi connectivity index (χ3n) is 12.1. The lowest BCUT2D eigenvalue weighted by Crippen LogP contribution is -2.49. The Morgan fingerprint density at radius 1 is 0.345 bits per heavy atom. The molecule has 0 saturated carbocycles. The second-order valence-electron chi connectivity index (χ2n) is 15.5. The minimum absolute atomic E-state index is 1.16. The van der Waals surface area contributed by atoms with Crippen LogP contribution in [0.2, 0.25) is 13.1 Å². The van der Waals surface area contributed by atoms with E-state index in [4.69, 9.17) is 0 Å². The molecule has 0 atom stereocenters. The van der Waals surface area contributed by atoms with Crippen molar-refractivity contribution in [3.05, 3.63) is 194 Å². The summed E-state index contributed by atoms with van der Waals surface area (Å²) in [5, 5.41) is 13.1. The highest BCUT2D eigenvalue weighted by atomic mass is 28.3. The SMILES string of the molecule is C[Si]1(C)c2ccccc2-c2cc3c(-c4ccccc4-c4ccc5ccccc5c4)c4ccc(-c5cccc6ccccc56)cc4c(-c4cc#ccc4)c3cc21. The average Bonchev–Trinajstić information content (AvgIpc) is 3.46. The molecular weight excluding hydrogens is 677 g/mol. The largest absolute Gasteiger partial charge is 0.113 e. The highest BCUT2D eigenvalue weighted by molar-refractivity contribution is 7.04. The highest BCUT2D eigenvalue weighted by Crippen LogP contribution is 2.48. The lowest BCUT2D eigenvalue weighted by Gasteiger charge is -2.23. The minimum Gasteiger partial charge on any atom is -0.0702 e. The second kappa shape index (κ2) is 12.2. The first-order valence-corrected chi connectivity index (χ1v) is 22.2. The molecule has 0 nitrogen and oxygen atoms in total. The summed E-state index contributed by atoms with van der Waals surface area (Å²) >= 11 is 0. The number of rotatable bonds is 4. The molecule has 10 aromatic rings. The normalized spacial score (nSPS) is 12.9. The average molecular weight is 713 g/mol. The summed E-state index contributed by atoms with van der Waals surface area (Å²) < 4.78 is 0. The zero-order chi connectivity index (χ0) is 36.7. The first kappa shape index (κ1) is 31.8. The van der Waals surface area contributed by atoms with E-state index in [0.29, 0.717) is 0 Å². The Morgan fingerprint density at radius 3 is 1.85 bits per heavy atom. The van der Waals surface area contributed by atoms with Crippen LogP contribution in [0.3, 0.4) is 0 Å². The Labute approximate surface area is 323 Å². The maximum Gasteiger partial charge on any atom is 0.113 e. The van der Waals surface area contributed by atoms with Gasteiger partial charge in [0, 0.05) is 0 Å². The van der Waals surface area contributed by atoms with E-state index < -0.39 is 8.07 Å². The van der Waals surface area contributed by atoms with Gasteiger partial charge in [-0.3, -0.25) is 0 Å². The quantitative estimate of drug-likeness (QED) is 0.126. The van der Waals surface area contributed by atoms with Gasteiger partial charge in [0.15, 0.2) is 0 Å². The summed E-state index contributed by atoms with van der Waals surface area (Å²) in [5.41, 5.74) is 12.6. The number of hydrogen-bond acceptors (Lipinski definition) is 0. The summed E-state index contributed by atoms with van der Waals surface area (Å²) in [4.78, 5) is 0. The Morgan fingerprint density at radius 2 is 1.00 bits per heavy atom. The van der Waals surface area contributed by atoms with Crippen LogP contribution in [0.4, 0.5) is 0 Å². The molecule has 256 valence electrons. The molecule has 0 fully saturated rings. The number of fused-ring (bicyclic) bond motifs is 7. The fraction of sp³-hybridized carbons (Fsp3) is 0.0370. The van der Waals surface area contributed by atoms with Crippen molar-refractivity contribution in [1.29, 1.82) is 0 Å². The molecule has 1 aliphatic rings. The van der Waals surface area contributed by atoms with Gasteiger partial charge in [0.25, 0.3) is 0 Å². The monoisotopic (exact) mass is 712 g/mol. The van der Waals surface area contributed by atoms with Gasteiger partial charge in [0.1, 0.15) is 8.07 Å². The van der Waals surface area contributed by atoms with Crippen molar-refractivity contribution < 1.29 is 0 Å². The fourth-order valence-electron chi connectivity index (χ4n) is 9.48. The van der Waals surface area contributed by atoms with Gasteiger partial charge < -0.3 is 0 Å². The van der Waals surface area contributed by atoms with E-state index in [1.165, 1.54) is 104 Å². The molecule has 0 saturated heterocycles. The van der Waals surface area contributed by atoms with Crippen molar-refractivity contribution >= 4 is 61.5 Å². The van der Waals surface area contributed by atoms with Crippen LogP contribution in [0.25, 0.3) is 98.7 Å². The Bertz CT molecular complexity index is 3160.